The highest BCUT2D eigenvalue weighted by Gasteiger charge is 2.11. The quantitative estimate of drug-likeness (QED) is 0.601. The van der Waals surface area contributed by atoms with Gasteiger partial charge in [-0.05, 0) is 24.6 Å². The molecule has 0 aliphatic heterocycles. The van der Waals surface area contributed by atoms with E-state index in [0.29, 0.717) is 32.3 Å². The highest BCUT2D eigenvalue weighted by molar-refractivity contribution is 6.43. The molecule has 0 spiro atoms. The SMILES string of the molecule is Cc1cccc(N)c1Oc1cc(Cl)c(Cl)cc1Cl. The van der Waals surface area contributed by atoms with E-state index in [1.54, 1.807) is 12.1 Å². The Hall–Kier alpha value is -1.09. The van der Waals surface area contributed by atoms with Crippen LogP contribution in [0.15, 0.2) is 30.3 Å². The maximum absolute atomic E-state index is 6.05. The van der Waals surface area contributed by atoms with Crippen molar-refractivity contribution in [2.24, 2.45) is 0 Å². The summed E-state index contributed by atoms with van der Waals surface area (Å²) < 4.78 is 5.71. The molecular formula is C13H10Cl3NO. The summed E-state index contributed by atoms with van der Waals surface area (Å²) in [5.41, 5.74) is 7.31. The zero-order valence-corrected chi connectivity index (χ0v) is 11.8. The lowest BCUT2D eigenvalue weighted by Gasteiger charge is -2.13. The van der Waals surface area contributed by atoms with Gasteiger partial charge in [0.25, 0.3) is 0 Å². The minimum absolute atomic E-state index is 0.378. The highest BCUT2D eigenvalue weighted by atomic mass is 35.5. The molecule has 18 heavy (non-hydrogen) atoms. The third-order valence-electron chi connectivity index (χ3n) is 2.43. The van der Waals surface area contributed by atoms with Crippen LogP contribution in [-0.2, 0) is 0 Å². The molecule has 2 rings (SSSR count). The molecule has 0 fully saturated rings. The van der Waals surface area contributed by atoms with Crippen molar-refractivity contribution >= 4 is 40.5 Å². The molecule has 0 radical (unpaired) electrons. The van der Waals surface area contributed by atoms with Gasteiger partial charge in [0.1, 0.15) is 5.75 Å². The number of nitrogen functional groups attached to an aromatic ring is 1. The number of halogens is 3. The first-order valence-corrected chi connectivity index (χ1v) is 6.30. The summed E-state index contributed by atoms with van der Waals surface area (Å²) in [4.78, 5) is 0. The lowest BCUT2D eigenvalue weighted by molar-refractivity contribution is 0.481. The molecular weight excluding hydrogens is 293 g/mol. The zero-order chi connectivity index (χ0) is 13.3. The number of hydrogen-bond acceptors (Lipinski definition) is 2. The van der Waals surface area contributed by atoms with Crippen LogP contribution in [0.1, 0.15) is 5.56 Å². The number of rotatable bonds is 2. The molecule has 0 aliphatic carbocycles. The van der Waals surface area contributed by atoms with Crippen LogP contribution in [0, 0.1) is 6.92 Å². The third-order valence-corrected chi connectivity index (χ3v) is 3.45. The maximum Gasteiger partial charge on any atom is 0.153 e. The van der Waals surface area contributed by atoms with Gasteiger partial charge in [-0.2, -0.15) is 0 Å². The fraction of sp³-hybridized carbons (Fsp3) is 0.0769. The smallest absolute Gasteiger partial charge is 0.153 e. The Labute approximate surface area is 120 Å². The molecule has 0 aliphatic rings. The van der Waals surface area contributed by atoms with Gasteiger partial charge in [0.05, 0.1) is 20.8 Å². The molecule has 2 N–H and O–H groups in total. The van der Waals surface area contributed by atoms with Crippen LogP contribution in [0.3, 0.4) is 0 Å². The van der Waals surface area contributed by atoms with Gasteiger partial charge >= 0.3 is 0 Å². The number of ether oxygens (including phenoxy) is 1. The Morgan fingerprint density at radius 3 is 2.33 bits per heavy atom. The van der Waals surface area contributed by atoms with E-state index >= 15 is 0 Å². The summed E-state index contributed by atoms with van der Waals surface area (Å²) in [5, 5.41) is 1.14. The van der Waals surface area contributed by atoms with E-state index in [0.717, 1.165) is 5.56 Å². The summed E-state index contributed by atoms with van der Waals surface area (Å²) in [6.07, 6.45) is 0. The topological polar surface area (TPSA) is 35.2 Å². The number of anilines is 1. The molecule has 0 bridgehead atoms. The molecule has 0 saturated carbocycles. The average Bonchev–Trinajstić information content (AvgIpc) is 2.30. The van der Waals surface area contributed by atoms with Gasteiger partial charge < -0.3 is 10.5 Å². The van der Waals surface area contributed by atoms with Crippen molar-refractivity contribution in [1.82, 2.24) is 0 Å². The van der Waals surface area contributed by atoms with Crippen LogP contribution < -0.4 is 10.5 Å². The van der Waals surface area contributed by atoms with Gasteiger partial charge in [-0.1, -0.05) is 46.9 Å². The van der Waals surface area contributed by atoms with Crippen LogP contribution in [0.5, 0.6) is 11.5 Å². The van der Waals surface area contributed by atoms with Gasteiger partial charge in [-0.25, -0.2) is 0 Å². The predicted octanol–water partition coefficient (Wildman–Crippen LogP) is 5.33. The molecule has 0 heterocycles. The molecule has 2 aromatic rings. The van der Waals surface area contributed by atoms with Crippen molar-refractivity contribution in [2.75, 3.05) is 5.73 Å². The number of benzene rings is 2. The van der Waals surface area contributed by atoms with Gasteiger partial charge in [0, 0.05) is 6.07 Å². The number of nitrogens with two attached hydrogens (primary N) is 1. The summed E-state index contributed by atoms with van der Waals surface area (Å²) in [6.45, 7) is 1.90. The monoisotopic (exact) mass is 301 g/mol. The van der Waals surface area contributed by atoms with E-state index in [1.165, 1.54) is 6.07 Å². The van der Waals surface area contributed by atoms with Crippen molar-refractivity contribution in [3.63, 3.8) is 0 Å². The number of para-hydroxylation sites is 1. The first-order valence-electron chi connectivity index (χ1n) is 5.16. The maximum atomic E-state index is 6.05. The predicted molar refractivity (Wildman–Crippen MR) is 77.1 cm³/mol. The van der Waals surface area contributed by atoms with Crippen molar-refractivity contribution < 1.29 is 4.74 Å². The minimum Gasteiger partial charge on any atom is -0.453 e. The van der Waals surface area contributed by atoms with E-state index in [-0.39, 0.29) is 0 Å². The van der Waals surface area contributed by atoms with Gasteiger partial charge in [-0.3, -0.25) is 0 Å². The van der Waals surface area contributed by atoms with E-state index < -0.39 is 0 Å². The van der Waals surface area contributed by atoms with E-state index in [1.807, 2.05) is 19.1 Å². The highest BCUT2D eigenvalue weighted by Crippen LogP contribution is 2.38. The second-order valence-electron chi connectivity index (χ2n) is 3.79. The van der Waals surface area contributed by atoms with E-state index in [4.69, 9.17) is 45.3 Å². The molecule has 2 nitrogen and oxygen atoms in total. The lowest BCUT2D eigenvalue weighted by atomic mass is 10.2. The Balaban J connectivity index is 2.43. The first kappa shape index (κ1) is 13.3. The van der Waals surface area contributed by atoms with Crippen LogP contribution in [0.4, 0.5) is 5.69 Å². The minimum atomic E-state index is 0.378. The van der Waals surface area contributed by atoms with Crippen LogP contribution in [-0.4, -0.2) is 0 Å². The second-order valence-corrected chi connectivity index (χ2v) is 5.01. The average molecular weight is 303 g/mol. The molecule has 94 valence electrons. The van der Waals surface area contributed by atoms with Crippen LogP contribution in [0.25, 0.3) is 0 Å². The Bertz CT molecular complexity index is 579. The first-order chi connectivity index (χ1) is 8.49. The van der Waals surface area contributed by atoms with E-state index in [9.17, 15) is 0 Å². The van der Waals surface area contributed by atoms with Crippen molar-refractivity contribution in [2.45, 2.75) is 6.92 Å². The second kappa shape index (κ2) is 5.27. The number of aryl methyl sites for hydroxylation is 1. The Morgan fingerprint density at radius 1 is 1.00 bits per heavy atom. The van der Waals surface area contributed by atoms with Crippen molar-refractivity contribution in [3.8, 4) is 11.5 Å². The van der Waals surface area contributed by atoms with Crippen molar-refractivity contribution in [3.05, 3.63) is 51.0 Å². The third kappa shape index (κ3) is 2.66. The summed E-state index contributed by atoms with van der Waals surface area (Å²) in [6, 6.07) is 8.62. The van der Waals surface area contributed by atoms with Gasteiger partial charge in [0.15, 0.2) is 5.75 Å². The molecule has 0 atom stereocenters. The fourth-order valence-electron chi connectivity index (χ4n) is 1.51. The molecule has 0 amide bonds. The zero-order valence-electron chi connectivity index (χ0n) is 9.51. The van der Waals surface area contributed by atoms with E-state index in [2.05, 4.69) is 0 Å². The molecule has 0 saturated heterocycles. The van der Waals surface area contributed by atoms with Crippen molar-refractivity contribution in [1.29, 1.82) is 0 Å². The molecule has 0 unspecified atom stereocenters. The molecule has 0 aromatic heterocycles. The summed E-state index contributed by atoms with van der Waals surface area (Å²) >= 11 is 17.8. The molecule has 2 aromatic carbocycles. The normalized spacial score (nSPS) is 10.4. The molecule has 5 heteroatoms. The standard InChI is InChI=1S/C13H10Cl3NO/c1-7-3-2-4-11(17)13(7)18-12-6-9(15)8(14)5-10(12)16/h2-6H,17H2,1H3. The Kier molecular flexibility index (Phi) is 3.91. The van der Waals surface area contributed by atoms with Crippen LogP contribution in [0.2, 0.25) is 15.1 Å². The fourth-order valence-corrected chi connectivity index (χ4v) is 2.08. The number of hydrogen-bond donors (Lipinski definition) is 1. The largest absolute Gasteiger partial charge is 0.453 e. The Morgan fingerprint density at radius 2 is 1.67 bits per heavy atom. The van der Waals surface area contributed by atoms with Crippen LogP contribution >= 0.6 is 34.8 Å². The summed E-state index contributed by atoms with van der Waals surface area (Å²) in [7, 11) is 0. The summed E-state index contributed by atoms with van der Waals surface area (Å²) in [5.74, 6) is 0.991. The van der Waals surface area contributed by atoms with Gasteiger partial charge in [0.2, 0.25) is 0 Å². The van der Waals surface area contributed by atoms with Gasteiger partial charge in [-0.15, -0.1) is 0 Å². The lowest BCUT2D eigenvalue weighted by Crippen LogP contribution is -1.95.